The fourth-order valence-corrected chi connectivity index (χ4v) is 1.80. The summed E-state index contributed by atoms with van der Waals surface area (Å²) in [4.78, 5) is 0. The second-order valence-electron chi connectivity index (χ2n) is 4.50. The van der Waals surface area contributed by atoms with E-state index in [2.05, 4.69) is 6.58 Å². The quantitative estimate of drug-likeness (QED) is 0.848. The molecule has 0 amide bonds. The highest BCUT2D eigenvalue weighted by atomic mass is 16.5. The molecule has 20 heavy (non-hydrogen) atoms. The Hall–Kier alpha value is -2.10. The van der Waals surface area contributed by atoms with Crippen molar-refractivity contribution < 1.29 is 14.9 Å². The van der Waals surface area contributed by atoms with Crippen LogP contribution in [0.2, 0.25) is 0 Å². The molecule has 3 heteroatoms. The lowest BCUT2D eigenvalue weighted by Gasteiger charge is -2.10. The number of aliphatic hydroxyl groups is 2. The molecule has 0 aromatic heterocycles. The Morgan fingerprint density at radius 3 is 2.05 bits per heavy atom. The molecule has 0 saturated heterocycles. The number of hydrogen-bond acceptors (Lipinski definition) is 3. The summed E-state index contributed by atoms with van der Waals surface area (Å²) in [5, 5.41) is 17.9. The van der Waals surface area contributed by atoms with Gasteiger partial charge in [0.05, 0.1) is 6.61 Å². The van der Waals surface area contributed by atoms with Crippen LogP contribution in [0.3, 0.4) is 0 Å². The molecule has 1 unspecified atom stereocenters. The molecule has 2 N–H and O–H groups in total. The Balaban J connectivity index is 2.05. The first-order chi connectivity index (χ1) is 9.72. The predicted octanol–water partition coefficient (Wildman–Crippen LogP) is 2.73. The highest BCUT2D eigenvalue weighted by molar-refractivity contribution is 5.66. The molecule has 104 valence electrons. The lowest BCUT2D eigenvalue weighted by atomic mass is 10.0. The summed E-state index contributed by atoms with van der Waals surface area (Å²) in [5.41, 5.74) is 3.31. The number of rotatable bonds is 6. The van der Waals surface area contributed by atoms with Crippen molar-refractivity contribution in [1.29, 1.82) is 0 Å². The van der Waals surface area contributed by atoms with E-state index in [-0.39, 0.29) is 13.2 Å². The molecule has 0 aliphatic rings. The molecule has 1 atom stereocenters. The van der Waals surface area contributed by atoms with E-state index in [0.29, 0.717) is 5.75 Å². The number of ether oxygens (including phenoxy) is 1. The summed E-state index contributed by atoms with van der Waals surface area (Å²) in [5.74, 6) is 0.670. The normalized spacial score (nSPS) is 11.9. The van der Waals surface area contributed by atoms with Crippen molar-refractivity contribution in [2.75, 3.05) is 13.2 Å². The van der Waals surface area contributed by atoms with E-state index in [4.69, 9.17) is 9.84 Å². The van der Waals surface area contributed by atoms with Gasteiger partial charge in [0.1, 0.15) is 18.5 Å². The molecule has 2 rings (SSSR count). The Bertz CT molecular complexity index is 543. The van der Waals surface area contributed by atoms with Crippen LogP contribution in [0.4, 0.5) is 0 Å². The van der Waals surface area contributed by atoms with Crippen molar-refractivity contribution in [2.45, 2.75) is 6.10 Å². The van der Waals surface area contributed by atoms with Gasteiger partial charge in [0, 0.05) is 0 Å². The van der Waals surface area contributed by atoms with Crippen molar-refractivity contribution in [1.82, 2.24) is 0 Å². The van der Waals surface area contributed by atoms with Gasteiger partial charge in [0.2, 0.25) is 0 Å². The number of benzene rings is 2. The maximum absolute atomic E-state index is 9.22. The second-order valence-corrected chi connectivity index (χ2v) is 4.50. The van der Waals surface area contributed by atoms with Gasteiger partial charge in [-0.05, 0) is 28.8 Å². The Labute approximate surface area is 118 Å². The van der Waals surface area contributed by atoms with Crippen molar-refractivity contribution in [3.8, 4) is 16.9 Å². The topological polar surface area (TPSA) is 49.7 Å². The molecule has 0 bridgehead atoms. The molecule has 2 aromatic carbocycles. The van der Waals surface area contributed by atoms with Crippen molar-refractivity contribution in [3.05, 3.63) is 60.7 Å². The third-order valence-electron chi connectivity index (χ3n) is 2.99. The van der Waals surface area contributed by atoms with Gasteiger partial charge in [-0.25, -0.2) is 0 Å². The van der Waals surface area contributed by atoms with E-state index in [9.17, 15) is 5.11 Å². The van der Waals surface area contributed by atoms with Crippen LogP contribution in [0.5, 0.6) is 5.75 Å². The molecule has 0 aliphatic heterocycles. The summed E-state index contributed by atoms with van der Waals surface area (Å²) in [6.45, 7) is 3.52. The van der Waals surface area contributed by atoms with Crippen LogP contribution in [-0.4, -0.2) is 29.5 Å². The molecule has 0 fully saturated rings. The molecule has 0 spiro atoms. The van der Waals surface area contributed by atoms with Gasteiger partial charge >= 0.3 is 0 Å². The van der Waals surface area contributed by atoms with E-state index in [0.717, 1.165) is 16.7 Å². The van der Waals surface area contributed by atoms with Crippen LogP contribution < -0.4 is 4.74 Å². The lowest BCUT2D eigenvalue weighted by Crippen LogP contribution is -2.21. The number of hydrogen-bond donors (Lipinski definition) is 2. The first-order valence-electron chi connectivity index (χ1n) is 6.47. The van der Waals surface area contributed by atoms with Crippen LogP contribution in [0, 0.1) is 0 Å². The average molecular weight is 270 g/mol. The summed E-state index contributed by atoms with van der Waals surface area (Å²) >= 11 is 0. The second kappa shape index (κ2) is 6.89. The van der Waals surface area contributed by atoms with E-state index < -0.39 is 6.10 Å². The van der Waals surface area contributed by atoms with Gasteiger partial charge in [0.15, 0.2) is 0 Å². The maximum atomic E-state index is 9.22. The Kier molecular flexibility index (Phi) is 4.93. The zero-order valence-corrected chi connectivity index (χ0v) is 11.2. The van der Waals surface area contributed by atoms with Gasteiger partial charge in [-0.3, -0.25) is 0 Å². The molecule has 0 radical (unpaired) electrons. The monoisotopic (exact) mass is 270 g/mol. The minimum atomic E-state index is -0.846. The van der Waals surface area contributed by atoms with E-state index in [1.165, 1.54) is 0 Å². The van der Waals surface area contributed by atoms with E-state index >= 15 is 0 Å². The molecular weight excluding hydrogens is 252 g/mol. The largest absolute Gasteiger partial charge is 0.491 e. The Morgan fingerprint density at radius 1 is 1.00 bits per heavy atom. The van der Waals surface area contributed by atoms with Crippen molar-refractivity contribution in [3.63, 3.8) is 0 Å². The fraction of sp³-hybridized carbons (Fsp3) is 0.176. The van der Waals surface area contributed by atoms with Crippen molar-refractivity contribution in [2.24, 2.45) is 0 Å². The minimum Gasteiger partial charge on any atom is -0.491 e. The zero-order chi connectivity index (χ0) is 14.4. The number of aliphatic hydroxyl groups excluding tert-OH is 2. The summed E-state index contributed by atoms with van der Waals surface area (Å²) in [7, 11) is 0. The predicted molar refractivity (Wildman–Crippen MR) is 80.6 cm³/mol. The van der Waals surface area contributed by atoms with Gasteiger partial charge in [-0.15, -0.1) is 0 Å². The summed E-state index contributed by atoms with van der Waals surface area (Å²) in [6, 6.07) is 15.7. The molecule has 0 saturated carbocycles. The fourth-order valence-electron chi connectivity index (χ4n) is 1.80. The zero-order valence-electron chi connectivity index (χ0n) is 11.2. The molecule has 0 heterocycles. The maximum Gasteiger partial charge on any atom is 0.119 e. The first-order valence-corrected chi connectivity index (χ1v) is 6.47. The SMILES string of the molecule is C=Cc1ccc(-c2ccc(OCC(O)CO)cc2)cc1. The minimum absolute atomic E-state index is 0.0872. The summed E-state index contributed by atoms with van der Waals surface area (Å²) in [6.07, 6.45) is 0.967. The smallest absolute Gasteiger partial charge is 0.119 e. The average Bonchev–Trinajstić information content (AvgIpc) is 2.53. The van der Waals surface area contributed by atoms with Crippen LogP contribution in [0.25, 0.3) is 17.2 Å². The molecule has 0 aliphatic carbocycles. The van der Waals surface area contributed by atoms with E-state index in [1.54, 1.807) is 0 Å². The van der Waals surface area contributed by atoms with Gasteiger partial charge in [-0.2, -0.15) is 0 Å². The third kappa shape index (κ3) is 3.70. The van der Waals surface area contributed by atoms with Crippen LogP contribution in [0.1, 0.15) is 5.56 Å². The van der Waals surface area contributed by atoms with Crippen LogP contribution in [-0.2, 0) is 0 Å². The van der Waals surface area contributed by atoms with Gasteiger partial charge in [0.25, 0.3) is 0 Å². The molecular formula is C17H18O3. The van der Waals surface area contributed by atoms with E-state index in [1.807, 2.05) is 54.6 Å². The van der Waals surface area contributed by atoms with Crippen LogP contribution in [0.15, 0.2) is 55.1 Å². The van der Waals surface area contributed by atoms with Crippen molar-refractivity contribution >= 4 is 6.08 Å². The first kappa shape index (κ1) is 14.3. The lowest BCUT2D eigenvalue weighted by molar-refractivity contribution is 0.0536. The van der Waals surface area contributed by atoms with Gasteiger partial charge in [-0.1, -0.05) is 49.1 Å². The van der Waals surface area contributed by atoms with Crippen LogP contribution >= 0.6 is 0 Å². The highest BCUT2D eigenvalue weighted by Gasteiger charge is 2.03. The molecule has 3 nitrogen and oxygen atoms in total. The standard InChI is InChI=1S/C17H18O3/c1-2-13-3-5-14(6-4-13)15-7-9-17(10-8-15)20-12-16(19)11-18/h2-10,16,18-19H,1,11-12H2. The Morgan fingerprint density at radius 2 is 1.55 bits per heavy atom. The highest BCUT2D eigenvalue weighted by Crippen LogP contribution is 2.23. The summed E-state index contributed by atoms with van der Waals surface area (Å²) < 4.78 is 5.36. The third-order valence-corrected chi connectivity index (χ3v) is 2.99. The van der Waals surface area contributed by atoms with Gasteiger partial charge < -0.3 is 14.9 Å². The molecule has 2 aromatic rings.